The summed E-state index contributed by atoms with van der Waals surface area (Å²) in [5.41, 5.74) is 1.65. The van der Waals surface area contributed by atoms with Crippen molar-refractivity contribution in [2.45, 2.75) is 39.7 Å². The second-order valence-electron chi connectivity index (χ2n) is 6.70. The maximum Gasteiger partial charge on any atom is 0.229 e. The van der Waals surface area contributed by atoms with Crippen molar-refractivity contribution >= 4 is 17.3 Å². The van der Waals surface area contributed by atoms with Gasteiger partial charge >= 0.3 is 0 Å². The lowest BCUT2D eigenvalue weighted by Crippen LogP contribution is -2.39. The molecular formula is C17H26N2O2. The van der Waals surface area contributed by atoms with Crippen LogP contribution in [0, 0.1) is 5.41 Å². The molecule has 1 aromatic carbocycles. The largest absolute Gasteiger partial charge is 0.380 e. The van der Waals surface area contributed by atoms with E-state index in [1.807, 2.05) is 32.9 Å². The SMILES string of the molecule is COC1CCCN(c2ccc(NC(=O)C(C)(C)C)cc2)C1. The third-order valence-corrected chi connectivity index (χ3v) is 3.88. The van der Waals surface area contributed by atoms with Gasteiger partial charge in [-0.2, -0.15) is 0 Å². The van der Waals surface area contributed by atoms with E-state index in [2.05, 4.69) is 22.3 Å². The molecule has 0 spiro atoms. The van der Waals surface area contributed by atoms with Crippen LogP contribution in [0.15, 0.2) is 24.3 Å². The number of anilines is 2. The number of carbonyl (C=O) groups is 1. The van der Waals surface area contributed by atoms with Crippen LogP contribution >= 0.6 is 0 Å². The highest BCUT2D eigenvalue weighted by Crippen LogP contribution is 2.24. The quantitative estimate of drug-likeness (QED) is 0.929. The van der Waals surface area contributed by atoms with E-state index in [4.69, 9.17) is 4.74 Å². The predicted octanol–water partition coefficient (Wildman–Crippen LogP) is 3.29. The van der Waals surface area contributed by atoms with Gasteiger partial charge in [-0.1, -0.05) is 20.8 Å². The van der Waals surface area contributed by atoms with Crippen molar-refractivity contribution in [2.24, 2.45) is 5.41 Å². The molecular weight excluding hydrogens is 264 g/mol. The third-order valence-electron chi connectivity index (χ3n) is 3.88. The zero-order valence-corrected chi connectivity index (χ0v) is 13.5. The van der Waals surface area contributed by atoms with Crippen LogP contribution in [0.4, 0.5) is 11.4 Å². The van der Waals surface area contributed by atoms with E-state index in [-0.39, 0.29) is 11.3 Å². The molecule has 1 N–H and O–H groups in total. The number of benzene rings is 1. The molecule has 0 saturated carbocycles. The Bertz CT molecular complexity index is 477. The average molecular weight is 290 g/mol. The lowest BCUT2D eigenvalue weighted by molar-refractivity contribution is -0.123. The Balaban J connectivity index is 2.00. The minimum Gasteiger partial charge on any atom is -0.380 e. The summed E-state index contributed by atoms with van der Waals surface area (Å²) in [4.78, 5) is 14.3. The summed E-state index contributed by atoms with van der Waals surface area (Å²) in [6, 6.07) is 8.07. The molecule has 1 atom stereocenters. The second kappa shape index (κ2) is 6.48. The van der Waals surface area contributed by atoms with Crippen molar-refractivity contribution in [2.75, 3.05) is 30.4 Å². The molecule has 1 fully saturated rings. The standard InChI is InChI=1S/C17H26N2O2/c1-17(2,3)16(20)18-13-7-9-14(10-8-13)19-11-5-6-15(12-19)21-4/h7-10,15H,5-6,11-12H2,1-4H3,(H,18,20). The third kappa shape index (κ3) is 4.21. The van der Waals surface area contributed by atoms with Crippen LogP contribution in [-0.4, -0.2) is 32.2 Å². The number of rotatable bonds is 3. The van der Waals surface area contributed by atoms with Crippen molar-refractivity contribution in [1.82, 2.24) is 0 Å². The van der Waals surface area contributed by atoms with Gasteiger partial charge < -0.3 is 15.0 Å². The van der Waals surface area contributed by atoms with Gasteiger partial charge in [0.25, 0.3) is 0 Å². The van der Waals surface area contributed by atoms with Crippen molar-refractivity contribution in [1.29, 1.82) is 0 Å². The molecule has 4 nitrogen and oxygen atoms in total. The topological polar surface area (TPSA) is 41.6 Å². The molecule has 0 aliphatic carbocycles. The van der Waals surface area contributed by atoms with Gasteiger partial charge in [0.1, 0.15) is 0 Å². The Hall–Kier alpha value is -1.55. The Morgan fingerprint density at radius 2 is 1.95 bits per heavy atom. The normalized spacial score (nSPS) is 19.4. The zero-order chi connectivity index (χ0) is 15.5. The van der Waals surface area contributed by atoms with Gasteiger partial charge in [-0.3, -0.25) is 4.79 Å². The van der Waals surface area contributed by atoms with Crippen LogP contribution in [0.3, 0.4) is 0 Å². The number of carbonyl (C=O) groups excluding carboxylic acids is 1. The van der Waals surface area contributed by atoms with Crippen LogP contribution in [0.25, 0.3) is 0 Å². The number of nitrogens with zero attached hydrogens (tertiary/aromatic N) is 1. The molecule has 0 aromatic heterocycles. The first-order chi connectivity index (χ1) is 9.90. The molecule has 0 radical (unpaired) electrons. The number of ether oxygens (including phenoxy) is 1. The molecule has 1 amide bonds. The molecule has 1 heterocycles. The average Bonchev–Trinajstić information content (AvgIpc) is 2.47. The Labute approximate surface area is 127 Å². The summed E-state index contributed by atoms with van der Waals surface area (Å²) < 4.78 is 5.46. The predicted molar refractivity (Wildman–Crippen MR) is 86.8 cm³/mol. The number of hydrogen-bond donors (Lipinski definition) is 1. The summed E-state index contributed by atoms with van der Waals surface area (Å²) in [5, 5.41) is 2.95. The van der Waals surface area contributed by atoms with Gasteiger partial charge in [-0.15, -0.1) is 0 Å². The molecule has 1 saturated heterocycles. The monoisotopic (exact) mass is 290 g/mol. The number of amides is 1. The smallest absolute Gasteiger partial charge is 0.229 e. The second-order valence-corrected chi connectivity index (χ2v) is 6.70. The summed E-state index contributed by atoms with van der Waals surface area (Å²) in [7, 11) is 1.78. The Morgan fingerprint density at radius 3 is 2.52 bits per heavy atom. The first-order valence-electron chi connectivity index (χ1n) is 7.59. The lowest BCUT2D eigenvalue weighted by atomic mass is 9.95. The van der Waals surface area contributed by atoms with Gasteiger partial charge in [-0.25, -0.2) is 0 Å². The molecule has 21 heavy (non-hydrogen) atoms. The fraction of sp³-hybridized carbons (Fsp3) is 0.588. The lowest BCUT2D eigenvalue weighted by Gasteiger charge is -2.33. The Morgan fingerprint density at radius 1 is 1.29 bits per heavy atom. The number of piperidine rings is 1. The van der Waals surface area contributed by atoms with Gasteiger partial charge in [0.05, 0.1) is 6.10 Å². The fourth-order valence-corrected chi connectivity index (χ4v) is 2.44. The molecule has 2 rings (SSSR count). The van der Waals surface area contributed by atoms with Gasteiger partial charge in [-0.05, 0) is 37.1 Å². The highest BCUT2D eigenvalue weighted by atomic mass is 16.5. The fourth-order valence-electron chi connectivity index (χ4n) is 2.44. The molecule has 116 valence electrons. The van der Waals surface area contributed by atoms with Crippen molar-refractivity contribution < 1.29 is 9.53 Å². The van der Waals surface area contributed by atoms with E-state index in [1.54, 1.807) is 7.11 Å². The zero-order valence-electron chi connectivity index (χ0n) is 13.5. The molecule has 4 heteroatoms. The highest BCUT2D eigenvalue weighted by Gasteiger charge is 2.22. The number of nitrogens with one attached hydrogen (secondary N) is 1. The van der Waals surface area contributed by atoms with E-state index in [0.717, 1.165) is 31.6 Å². The molecule has 1 unspecified atom stereocenters. The minimum absolute atomic E-state index is 0.0349. The van der Waals surface area contributed by atoms with Gasteiger partial charge in [0.2, 0.25) is 5.91 Å². The summed E-state index contributed by atoms with van der Waals surface area (Å²) in [6.07, 6.45) is 2.60. The van der Waals surface area contributed by atoms with E-state index < -0.39 is 0 Å². The van der Waals surface area contributed by atoms with E-state index >= 15 is 0 Å². The van der Waals surface area contributed by atoms with Crippen LogP contribution in [0.5, 0.6) is 0 Å². The first-order valence-corrected chi connectivity index (χ1v) is 7.59. The molecule has 1 aromatic rings. The Kier molecular flexibility index (Phi) is 4.88. The van der Waals surface area contributed by atoms with Crippen LogP contribution in [0.2, 0.25) is 0 Å². The van der Waals surface area contributed by atoms with E-state index in [9.17, 15) is 4.79 Å². The molecule has 1 aliphatic heterocycles. The summed E-state index contributed by atoms with van der Waals surface area (Å²) in [6.45, 7) is 7.73. The van der Waals surface area contributed by atoms with Crippen LogP contribution < -0.4 is 10.2 Å². The molecule has 1 aliphatic rings. The highest BCUT2D eigenvalue weighted by molar-refractivity contribution is 5.94. The van der Waals surface area contributed by atoms with Gasteiger partial charge in [0.15, 0.2) is 0 Å². The van der Waals surface area contributed by atoms with Crippen LogP contribution in [0.1, 0.15) is 33.6 Å². The first kappa shape index (κ1) is 15.8. The van der Waals surface area contributed by atoms with Gasteiger partial charge in [0, 0.05) is 37.0 Å². The van der Waals surface area contributed by atoms with Crippen molar-refractivity contribution in [3.8, 4) is 0 Å². The number of methoxy groups -OCH3 is 1. The van der Waals surface area contributed by atoms with E-state index in [0.29, 0.717) is 6.10 Å². The van der Waals surface area contributed by atoms with Crippen molar-refractivity contribution in [3.63, 3.8) is 0 Å². The minimum atomic E-state index is -0.378. The van der Waals surface area contributed by atoms with Crippen LogP contribution in [-0.2, 0) is 9.53 Å². The summed E-state index contributed by atoms with van der Waals surface area (Å²) in [5.74, 6) is 0.0349. The number of hydrogen-bond acceptors (Lipinski definition) is 3. The van der Waals surface area contributed by atoms with Crippen molar-refractivity contribution in [3.05, 3.63) is 24.3 Å². The van der Waals surface area contributed by atoms with E-state index in [1.165, 1.54) is 5.69 Å². The maximum absolute atomic E-state index is 12.0. The maximum atomic E-state index is 12.0. The summed E-state index contributed by atoms with van der Waals surface area (Å²) >= 11 is 0. The molecule has 0 bridgehead atoms.